The number of rotatable bonds is 11. The Morgan fingerprint density at radius 1 is 1.27 bits per heavy atom. The molecule has 0 radical (unpaired) electrons. The van der Waals surface area contributed by atoms with Crippen LogP contribution >= 0.6 is 11.8 Å². The minimum Gasteiger partial charge on any atom is -0.382 e. The molecule has 0 aliphatic carbocycles. The second kappa shape index (κ2) is 10.6. The van der Waals surface area contributed by atoms with Crippen LogP contribution in [0.4, 0.5) is 5.82 Å². The Kier molecular flexibility index (Phi) is 7.89. The Morgan fingerprint density at radius 3 is 2.83 bits per heavy atom. The fourth-order valence-electron chi connectivity index (χ4n) is 3.42. The molecular weight excluding hydrogens is 398 g/mol. The molecule has 6 N–H and O–H groups in total. The number of nitrogens with two attached hydrogens (primary N) is 2. The van der Waals surface area contributed by atoms with Gasteiger partial charge in [0.25, 0.3) is 0 Å². The van der Waals surface area contributed by atoms with Gasteiger partial charge in [0.1, 0.15) is 11.3 Å². The van der Waals surface area contributed by atoms with Crippen LogP contribution in [0.15, 0.2) is 24.3 Å². The van der Waals surface area contributed by atoms with Crippen molar-refractivity contribution in [3.8, 4) is 0 Å². The minimum absolute atomic E-state index is 0.0989. The largest absolute Gasteiger partial charge is 0.382 e. The normalized spacial score (nSPS) is 12.5. The summed E-state index contributed by atoms with van der Waals surface area (Å²) in [4.78, 5) is 21.4. The molecule has 8 nitrogen and oxygen atoms in total. The molecule has 2 aromatic heterocycles. The van der Waals surface area contributed by atoms with E-state index < -0.39 is 6.04 Å². The Hall–Kier alpha value is -2.36. The zero-order valence-electron chi connectivity index (χ0n) is 17.6. The van der Waals surface area contributed by atoms with Crippen LogP contribution in [0.2, 0.25) is 0 Å². The molecule has 3 rings (SSSR count). The topological polar surface area (TPSA) is 124 Å². The lowest BCUT2D eigenvalue weighted by Crippen LogP contribution is -2.42. The Bertz CT molecular complexity index is 1000. The van der Waals surface area contributed by atoms with Crippen LogP contribution in [-0.2, 0) is 17.9 Å². The van der Waals surface area contributed by atoms with E-state index in [2.05, 4.69) is 34.0 Å². The van der Waals surface area contributed by atoms with Gasteiger partial charge in [0.05, 0.1) is 23.6 Å². The zero-order chi connectivity index (χ0) is 21.5. The smallest absolute Gasteiger partial charge is 0.237 e. The monoisotopic (exact) mass is 429 g/mol. The molecule has 3 aromatic rings. The molecule has 0 bridgehead atoms. The highest BCUT2D eigenvalue weighted by molar-refractivity contribution is 7.99. The van der Waals surface area contributed by atoms with Gasteiger partial charge in [0, 0.05) is 24.2 Å². The van der Waals surface area contributed by atoms with Crippen molar-refractivity contribution in [2.24, 2.45) is 5.73 Å². The molecule has 0 saturated heterocycles. The number of fused-ring (bicyclic) bond motifs is 3. The van der Waals surface area contributed by atoms with Crippen molar-refractivity contribution < 1.29 is 4.79 Å². The molecule has 2 heterocycles. The number of imidazole rings is 1. The first-order valence-electron chi connectivity index (χ1n) is 10.4. The third-order valence-corrected chi connectivity index (χ3v) is 5.92. The van der Waals surface area contributed by atoms with Crippen LogP contribution < -0.4 is 22.1 Å². The Labute approximate surface area is 181 Å². The summed E-state index contributed by atoms with van der Waals surface area (Å²) in [6, 6.07) is 7.49. The third kappa shape index (κ3) is 5.03. The molecule has 0 aliphatic rings. The molecule has 0 aliphatic heterocycles. The van der Waals surface area contributed by atoms with Crippen LogP contribution in [0.25, 0.3) is 21.9 Å². The van der Waals surface area contributed by atoms with Crippen molar-refractivity contribution in [1.29, 1.82) is 0 Å². The molecule has 0 saturated carbocycles. The predicted octanol–water partition coefficient (Wildman–Crippen LogP) is 1.86. The van der Waals surface area contributed by atoms with E-state index in [-0.39, 0.29) is 5.91 Å². The third-order valence-electron chi connectivity index (χ3n) is 4.92. The van der Waals surface area contributed by atoms with E-state index in [0.717, 1.165) is 46.5 Å². The number of amides is 1. The number of para-hydroxylation sites is 1. The average molecular weight is 430 g/mol. The molecule has 9 heteroatoms. The number of hydrogen-bond donors (Lipinski definition) is 4. The van der Waals surface area contributed by atoms with Gasteiger partial charge in [-0.2, -0.15) is 11.8 Å². The SMILES string of the molecule is CCNCc1nc2c(N)nc3ccccc3c2n1CCCNC(=O)C(N)CSCC. The summed E-state index contributed by atoms with van der Waals surface area (Å²) in [5.41, 5.74) is 14.7. The molecule has 1 amide bonds. The van der Waals surface area contributed by atoms with Gasteiger partial charge in [0.2, 0.25) is 5.91 Å². The Morgan fingerprint density at radius 2 is 2.07 bits per heavy atom. The fourth-order valence-corrected chi connectivity index (χ4v) is 4.06. The van der Waals surface area contributed by atoms with Crippen molar-refractivity contribution in [2.75, 3.05) is 30.3 Å². The summed E-state index contributed by atoms with van der Waals surface area (Å²) in [5, 5.41) is 7.32. The predicted molar refractivity (Wildman–Crippen MR) is 125 cm³/mol. The first kappa shape index (κ1) is 22.3. The number of hydrogen-bond acceptors (Lipinski definition) is 7. The van der Waals surface area contributed by atoms with Gasteiger partial charge in [-0.1, -0.05) is 32.0 Å². The number of thioether (sulfide) groups is 1. The molecular formula is C21H31N7OS. The zero-order valence-corrected chi connectivity index (χ0v) is 18.5. The van der Waals surface area contributed by atoms with E-state index >= 15 is 0 Å². The van der Waals surface area contributed by atoms with Gasteiger partial charge in [0.15, 0.2) is 5.82 Å². The highest BCUT2D eigenvalue weighted by Crippen LogP contribution is 2.28. The van der Waals surface area contributed by atoms with E-state index in [9.17, 15) is 4.79 Å². The standard InChI is InChI=1S/C21H31N7OS/c1-3-24-12-17-27-18-19(14-8-5-6-9-16(14)26-20(18)23)28(17)11-7-10-25-21(29)15(22)13-30-4-2/h5-6,8-9,15,24H,3-4,7,10-13,22H2,1-2H3,(H2,23,26)(H,25,29). The lowest BCUT2D eigenvalue weighted by Gasteiger charge is -2.13. The van der Waals surface area contributed by atoms with Crippen LogP contribution in [0.3, 0.4) is 0 Å². The Balaban J connectivity index is 1.80. The second-order valence-electron chi connectivity index (χ2n) is 7.08. The van der Waals surface area contributed by atoms with Crippen LogP contribution in [-0.4, -0.2) is 51.1 Å². The number of benzene rings is 1. The van der Waals surface area contributed by atoms with Crippen LogP contribution in [0, 0.1) is 0 Å². The summed E-state index contributed by atoms with van der Waals surface area (Å²) >= 11 is 1.67. The van der Waals surface area contributed by atoms with E-state index in [1.54, 1.807) is 11.8 Å². The molecule has 0 spiro atoms. The van der Waals surface area contributed by atoms with Crippen LogP contribution in [0.5, 0.6) is 0 Å². The van der Waals surface area contributed by atoms with E-state index in [4.69, 9.17) is 16.5 Å². The lowest BCUT2D eigenvalue weighted by molar-refractivity contribution is -0.121. The van der Waals surface area contributed by atoms with Gasteiger partial charge in [-0.15, -0.1) is 0 Å². The van der Waals surface area contributed by atoms with Gasteiger partial charge in [-0.25, -0.2) is 9.97 Å². The highest BCUT2D eigenvalue weighted by atomic mass is 32.2. The van der Waals surface area contributed by atoms with E-state index in [1.807, 2.05) is 24.3 Å². The molecule has 30 heavy (non-hydrogen) atoms. The lowest BCUT2D eigenvalue weighted by atomic mass is 10.2. The summed E-state index contributed by atoms with van der Waals surface area (Å²) in [7, 11) is 0. The molecule has 1 aromatic carbocycles. The van der Waals surface area contributed by atoms with Gasteiger partial charge in [-0.3, -0.25) is 4.79 Å². The van der Waals surface area contributed by atoms with E-state index in [0.29, 0.717) is 31.2 Å². The van der Waals surface area contributed by atoms with Crippen LogP contribution in [0.1, 0.15) is 26.1 Å². The van der Waals surface area contributed by atoms with Crippen molar-refractivity contribution >= 4 is 45.4 Å². The van der Waals surface area contributed by atoms with Crippen molar-refractivity contribution in [3.63, 3.8) is 0 Å². The van der Waals surface area contributed by atoms with Crippen molar-refractivity contribution in [2.45, 2.75) is 39.4 Å². The number of anilines is 1. The summed E-state index contributed by atoms with van der Waals surface area (Å²) < 4.78 is 2.19. The number of carbonyl (C=O) groups excluding carboxylic acids is 1. The number of nitrogens with zero attached hydrogens (tertiary/aromatic N) is 3. The maximum absolute atomic E-state index is 12.1. The fraction of sp³-hybridized carbons (Fsp3) is 0.476. The molecule has 0 fully saturated rings. The highest BCUT2D eigenvalue weighted by Gasteiger charge is 2.17. The maximum atomic E-state index is 12.1. The van der Waals surface area contributed by atoms with E-state index in [1.165, 1.54) is 0 Å². The second-order valence-corrected chi connectivity index (χ2v) is 8.40. The summed E-state index contributed by atoms with van der Waals surface area (Å²) in [5.74, 6) is 2.85. The average Bonchev–Trinajstić information content (AvgIpc) is 3.12. The first-order valence-corrected chi connectivity index (χ1v) is 11.6. The number of nitrogens with one attached hydrogen (secondary N) is 2. The van der Waals surface area contributed by atoms with Gasteiger partial charge < -0.3 is 26.7 Å². The number of aromatic nitrogens is 3. The van der Waals surface area contributed by atoms with Crippen molar-refractivity contribution in [3.05, 3.63) is 30.1 Å². The molecule has 1 atom stereocenters. The quantitative estimate of drug-likeness (QED) is 0.343. The van der Waals surface area contributed by atoms with Gasteiger partial charge in [-0.05, 0) is 24.8 Å². The number of nitrogen functional groups attached to an aromatic ring is 1. The maximum Gasteiger partial charge on any atom is 0.237 e. The molecule has 162 valence electrons. The van der Waals surface area contributed by atoms with Crippen molar-refractivity contribution in [1.82, 2.24) is 25.2 Å². The summed E-state index contributed by atoms with van der Waals surface area (Å²) in [6.45, 7) is 6.88. The number of carbonyl (C=O) groups is 1. The minimum atomic E-state index is -0.469. The van der Waals surface area contributed by atoms with Gasteiger partial charge >= 0.3 is 0 Å². The molecule has 1 unspecified atom stereocenters. The number of pyridine rings is 1. The number of aryl methyl sites for hydroxylation is 1. The first-order chi connectivity index (χ1) is 14.6. The summed E-state index contributed by atoms with van der Waals surface area (Å²) in [6.07, 6.45) is 0.764.